The molecule has 0 radical (unpaired) electrons. The number of hydrogen-bond donors (Lipinski definition) is 1. The number of thiophene rings is 1. The van der Waals surface area contributed by atoms with Crippen LogP contribution in [0.2, 0.25) is 5.02 Å². The zero-order valence-electron chi connectivity index (χ0n) is 7.38. The Morgan fingerprint density at radius 2 is 2.43 bits per heavy atom. The molecule has 74 valence electrons. The molecule has 2 aromatic heterocycles. The molecule has 0 spiro atoms. The van der Waals surface area contributed by atoms with Gasteiger partial charge in [-0.2, -0.15) is 0 Å². The van der Waals surface area contributed by atoms with Gasteiger partial charge in [0.25, 0.3) is 0 Å². The summed E-state index contributed by atoms with van der Waals surface area (Å²) in [7, 11) is 1.73. The average Bonchev–Trinajstić information content (AvgIpc) is 2.73. The first-order valence-electron chi connectivity index (χ1n) is 3.95. The van der Waals surface area contributed by atoms with Crippen molar-refractivity contribution in [3.8, 4) is 0 Å². The number of rotatable bonds is 2. The lowest BCUT2D eigenvalue weighted by atomic mass is 10.2. The summed E-state index contributed by atoms with van der Waals surface area (Å²) in [5.41, 5.74) is 0.634. The van der Waals surface area contributed by atoms with E-state index in [0.29, 0.717) is 10.7 Å². The van der Waals surface area contributed by atoms with Crippen LogP contribution in [0.3, 0.4) is 0 Å². The summed E-state index contributed by atoms with van der Waals surface area (Å²) in [6, 6.07) is 1.76. The van der Waals surface area contributed by atoms with Crippen molar-refractivity contribution in [1.29, 1.82) is 0 Å². The van der Waals surface area contributed by atoms with E-state index in [1.54, 1.807) is 13.1 Å². The molecule has 0 bridgehead atoms. The number of aryl methyl sites for hydroxylation is 1. The molecule has 2 rings (SSSR count). The topological polar surface area (TPSA) is 50.9 Å². The van der Waals surface area contributed by atoms with Crippen LogP contribution in [-0.2, 0) is 7.05 Å². The summed E-state index contributed by atoms with van der Waals surface area (Å²) in [5.74, 6) is 0. The molecule has 6 heteroatoms. The Morgan fingerprint density at radius 1 is 1.64 bits per heavy atom. The fourth-order valence-electron chi connectivity index (χ4n) is 1.18. The van der Waals surface area contributed by atoms with Crippen LogP contribution in [0.4, 0.5) is 0 Å². The Kier molecular flexibility index (Phi) is 2.54. The van der Waals surface area contributed by atoms with Gasteiger partial charge in [0.15, 0.2) is 0 Å². The van der Waals surface area contributed by atoms with Gasteiger partial charge >= 0.3 is 0 Å². The lowest BCUT2D eigenvalue weighted by Gasteiger charge is -2.08. The standard InChI is InChI=1S/C8H8ClN3OS/c1-12-6(4-10-11-12)7(13)8-5(9)2-3-14-8/h2-4,7,13H,1H3. The Balaban J connectivity index is 2.38. The van der Waals surface area contributed by atoms with Gasteiger partial charge in [0.05, 0.1) is 21.8 Å². The second-order valence-electron chi connectivity index (χ2n) is 2.82. The number of aliphatic hydroxyl groups excluding tert-OH is 1. The van der Waals surface area contributed by atoms with Gasteiger partial charge in [0.2, 0.25) is 0 Å². The molecule has 0 aliphatic heterocycles. The first-order valence-corrected chi connectivity index (χ1v) is 5.21. The zero-order valence-corrected chi connectivity index (χ0v) is 8.96. The fraction of sp³-hybridized carbons (Fsp3) is 0.250. The highest BCUT2D eigenvalue weighted by molar-refractivity contribution is 7.10. The molecule has 0 aromatic carbocycles. The van der Waals surface area contributed by atoms with Gasteiger partial charge in [-0.05, 0) is 11.4 Å². The van der Waals surface area contributed by atoms with Crippen LogP contribution in [0.15, 0.2) is 17.6 Å². The average molecular weight is 230 g/mol. The number of aliphatic hydroxyl groups is 1. The SMILES string of the molecule is Cn1nncc1C(O)c1sccc1Cl. The third-order valence-electron chi connectivity index (χ3n) is 1.92. The summed E-state index contributed by atoms with van der Waals surface area (Å²) >= 11 is 7.32. The van der Waals surface area contributed by atoms with Crippen molar-refractivity contribution in [2.75, 3.05) is 0 Å². The van der Waals surface area contributed by atoms with Gasteiger partial charge in [0, 0.05) is 7.05 Å². The third-order valence-corrected chi connectivity index (χ3v) is 3.33. The Morgan fingerprint density at radius 3 is 2.93 bits per heavy atom. The molecular formula is C8H8ClN3OS. The van der Waals surface area contributed by atoms with E-state index in [0.717, 1.165) is 4.88 Å². The minimum absolute atomic E-state index is 0.573. The maximum absolute atomic E-state index is 9.96. The molecule has 1 unspecified atom stereocenters. The second-order valence-corrected chi connectivity index (χ2v) is 4.17. The van der Waals surface area contributed by atoms with Crippen molar-refractivity contribution in [3.63, 3.8) is 0 Å². The molecule has 0 amide bonds. The molecule has 2 heterocycles. The van der Waals surface area contributed by atoms with Crippen LogP contribution in [0.25, 0.3) is 0 Å². The van der Waals surface area contributed by atoms with Crippen LogP contribution >= 0.6 is 22.9 Å². The molecule has 0 saturated heterocycles. The van der Waals surface area contributed by atoms with Crippen molar-refractivity contribution >= 4 is 22.9 Å². The van der Waals surface area contributed by atoms with Gasteiger partial charge in [0.1, 0.15) is 6.10 Å². The monoisotopic (exact) mass is 229 g/mol. The molecule has 1 atom stereocenters. The predicted molar refractivity (Wildman–Crippen MR) is 54.4 cm³/mol. The second kappa shape index (κ2) is 3.68. The van der Waals surface area contributed by atoms with Gasteiger partial charge in [-0.3, -0.25) is 0 Å². The van der Waals surface area contributed by atoms with Crippen LogP contribution in [0, 0.1) is 0 Å². The van der Waals surface area contributed by atoms with Crippen molar-refractivity contribution < 1.29 is 5.11 Å². The highest BCUT2D eigenvalue weighted by Crippen LogP contribution is 2.31. The molecule has 0 aliphatic carbocycles. The molecular weight excluding hydrogens is 222 g/mol. The summed E-state index contributed by atoms with van der Waals surface area (Å²) < 4.78 is 1.53. The minimum atomic E-state index is -0.748. The quantitative estimate of drug-likeness (QED) is 0.851. The third kappa shape index (κ3) is 1.54. The normalized spacial score (nSPS) is 13.1. The molecule has 14 heavy (non-hydrogen) atoms. The van der Waals surface area contributed by atoms with Crippen molar-refractivity contribution in [2.24, 2.45) is 7.05 Å². The lowest BCUT2D eigenvalue weighted by molar-refractivity contribution is 0.213. The molecule has 0 saturated carbocycles. The molecule has 2 aromatic rings. The summed E-state index contributed by atoms with van der Waals surface area (Å²) in [5, 5.41) is 19.8. The fourth-order valence-corrected chi connectivity index (χ4v) is 2.34. The van der Waals surface area contributed by atoms with Gasteiger partial charge in [-0.25, -0.2) is 4.68 Å². The first kappa shape index (κ1) is 9.64. The van der Waals surface area contributed by atoms with E-state index in [2.05, 4.69) is 10.3 Å². The van der Waals surface area contributed by atoms with Crippen molar-refractivity contribution in [2.45, 2.75) is 6.10 Å². The number of hydrogen-bond acceptors (Lipinski definition) is 4. The van der Waals surface area contributed by atoms with Crippen molar-refractivity contribution in [1.82, 2.24) is 15.0 Å². The van der Waals surface area contributed by atoms with E-state index in [1.165, 1.54) is 22.2 Å². The highest BCUT2D eigenvalue weighted by Gasteiger charge is 2.18. The summed E-state index contributed by atoms with van der Waals surface area (Å²) in [4.78, 5) is 0.720. The van der Waals surface area contributed by atoms with Crippen LogP contribution < -0.4 is 0 Å². The largest absolute Gasteiger partial charge is 0.381 e. The summed E-state index contributed by atoms with van der Waals surface area (Å²) in [6.07, 6.45) is 0.781. The van der Waals surface area contributed by atoms with Crippen molar-refractivity contribution in [3.05, 3.63) is 33.2 Å². The van der Waals surface area contributed by atoms with E-state index in [4.69, 9.17) is 11.6 Å². The van der Waals surface area contributed by atoms with Crippen LogP contribution in [0.5, 0.6) is 0 Å². The van der Waals surface area contributed by atoms with Crippen LogP contribution in [-0.4, -0.2) is 20.1 Å². The van der Waals surface area contributed by atoms with Gasteiger partial charge < -0.3 is 5.11 Å². The van der Waals surface area contributed by atoms with E-state index in [-0.39, 0.29) is 0 Å². The molecule has 1 N–H and O–H groups in total. The summed E-state index contributed by atoms with van der Waals surface area (Å²) in [6.45, 7) is 0. The Labute approximate surface area is 89.8 Å². The Bertz CT molecular complexity index is 399. The van der Waals surface area contributed by atoms with Gasteiger partial charge in [-0.15, -0.1) is 16.4 Å². The van der Waals surface area contributed by atoms with Crippen LogP contribution in [0.1, 0.15) is 16.7 Å². The molecule has 0 fully saturated rings. The van der Waals surface area contributed by atoms with E-state index < -0.39 is 6.10 Å². The highest BCUT2D eigenvalue weighted by atomic mass is 35.5. The maximum Gasteiger partial charge on any atom is 0.133 e. The molecule has 4 nitrogen and oxygen atoms in total. The maximum atomic E-state index is 9.96. The number of halogens is 1. The zero-order chi connectivity index (χ0) is 10.1. The smallest absolute Gasteiger partial charge is 0.133 e. The van der Waals surface area contributed by atoms with E-state index in [1.807, 2.05) is 5.38 Å². The number of nitrogens with zero attached hydrogens (tertiary/aromatic N) is 3. The van der Waals surface area contributed by atoms with Gasteiger partial charge in [-0.1, -0.05) is 16.8 Å². The Hall–Kier alpha value is -0.910. The van der Waals surface area contributed by atoms with E-state index in [9.17, 15) is 5.11 Å². The minimum Gasteiger partial charge on any atom is -0.381 e. The molecule has 0 aliphatic rings. The lowest BCUT2D eigenvalue weighted by Crippen LogP contribution is -2.05. The first-order chi connectivity index (χ1) is 6.70. The van der Waals surface area contributed by atoms with E-state index >= 15 is 0 Å². The number of aromatic nitrogens is 3. The predicted octanol–water partition coefficient (Wildman–Crippen LogP) is 1.61.